The minimum atomic E-state index is -1.85. The SMILES string of the molecule is CC(C)(C)[Si](C)(C)OC(CCC1=CC[C@H](O)[C@@H]1CC(=O)O)C1CCCCC1. The zero-order valence-electron chi connectivity index (χ0n) is 18.0. The Bertz CT molecular complexity index is 529. The normalized spacial score (nSPS) is 26.1. The van der Waals surface area contributed by atoms with Crippen LogP contribution in [-0.4, -0.2) is 36.7 Å². The Kier molecular flexibility index (Phi) is 7.74. The highest BCUT2D eigenvalue weighted by Gasteiger charge is 2.41. The zero-order valence-corrected chi connectivity index (χ0v) is 19.0. The van der Waals surface area contributed by atoms with Gasteiger partial charge in [0.2, 0.25) is 0 Å². The number of carboxylic acids is 1. The third-order valence-electron chi connectivity index (χ3n) is 7.10. The second kappa shape index (κ2) is 9.23. The van der Waals surface area contributed by atoms with Crippen LogP contribution in [0.25, 0.3) is 0 Å². The lowest BCUT2D eigenvalue weighted by molar-refractivity contribution is -0.138. The second-order valence-electron chi connectivity index (χ2n) is 10.1. The van der Waals surface area contributed by atoms with E-state index in [4.69, 9.17) is 4.43 Å². The van der Waals surface area contributed by atoms with Gasteiger partial charge in [0.1, 0.15) is 0 Å². The molecule has 0 saturated heterocycles. The average molecular weight is 397 g/mol. The monoisotopic (exact) mass is 396 g/mol. The van der Waals surface area contributed by atoms with E-state index in [9.17, 15) is 15.0 Å². The van der Waals surface area contributed by atoms with Gasteiger partial charge < -0.3 is 14.6 Å². The Morgan fingerprint density at radius 1 is 1.26 bits per heavy atom. The van der Waals surface area contributed by atoms with Crippen LogP contribution in [0.3, 0.4) is 0 Å². The average Bonchev–Trinajstić information content (AvgIpc) is 2.91. The summed E-state index contributed by atoms with van der Waals surface area (Å²) in [5.41, 5.74) is 1.13. The molecule has 5 heteroatoms. The molecule has 0 aromatic carbocycles. The van der Waals surface area contributed by atoms with Crippen molar-refractivity contribution in [2.75, 3.05) is 0 Å². The highest BCUT2D eigenvalue weighted by Crippen LogP contribution is 2.41. The maximum Gasteiger partial charge on any atom is 0.304 e. The van der Waals surface area contributed by atoms with Crippen LogP contribution < -0.4 is 0 Å². The molecule has 0 aliphatic heterocycles. The first kappa shape index (κ1) is 22.6. The summed E-state index contributed by atoms with van der Waals surface area (Å²) in [6.45, 7) is 11.5. The molecule has 2 N–H and O–H groups in total. The van der Waals surface area contributed by atoms with Gasteiger partial charge in [0.15, 0.2) is 8.32 Å². The van der Waals surface area contributed by atoms with E-state index < -0.39 is 20.4 Å². The lowest BCUT2D eigenvalue weighted by Crippen LogP contribution is -2.46. The summed E-state index contributed by atoms with van der Waals surface area (Å²) in [5.74, 6) is -0.423. The molecule has 3 atom stereocenters. The van der Waals surface area contributed by atoms with Crippen molar-refractivity contribution < 1.29 is 19.4 Å². The molecule has 0 radical (unpaired) electrons. The van der Waals surface area contributed by atoms with Crippen LogP contribution in [-0.2, 0) is 9.22 Å². The minimum absolute atomic E-state index is 0.0319. The first-order valence-corrected chi connectivity index (χ1v) is 13.7. The maximum atomic E-state index is 11.2. The fourth-order valence-electron chi connectivity index (χ4n) is 4.34. The number of aliphatic carboxylic acids is 1. The molecule has 0 bridgehead atoms. The van der Waals surface area contributed by atoms with Crippen molar-refractivity contribution in [2.45, 2.75) is 109 Å². The van der Waals surface area contributed by atoms with Crippen molar-refractivity contribution in [1.82, 2.24) is 0 Å². The van der Waals surface area contributed by atoms with Crippen molar-refractivity contribution in [3.8, 4) is 0 Å². The van der Waals surface area contributed by atoms with Gasteiger partial charge in [-0.2, -0.15) is 0 Å². The van der Waals surface area contributed by atoms with E-state index in [-0.39, 0.29) is 23.5 Å². The molecule has 0 heterocycles. The topological polar surface area (TPSA) is 66.8 Å². The van der Waals surface area contributed by atoms with E-state index in [1.165, 1.54) is 32.1 Å². The largest absolute Gasteiger partial charge is 0.481 e. The van der Waals surface area contributed by atoms with Crippen LogP contribution in [0.4, 0.5) is 0 Å². The fraction of sp³-hybridized carbons (Fsp3) is 0.864. The lowest BCUT2D eigenvalue weighted by Gasteiger charge is -2.42. The molecule has 2 aliphatic carbocycles. The van der Waals surface area contributed by atoms with Crippen LogP contribution in [0.2, 0.25) is 18.1 Å². The molecule has 4 nitrogen and oxygen atoms in total. The van der Waals surface area contributed by atoms with Crippen LogP contribution in [0.5, 0.6) is 0 Å². The number of aliphatic hydroxyl groups excluding tert-OH is 1. The standard InChI is InChI=1S/C22H40O4Si/c1-22(2,3)27(4,5)26-20(17-9-7-6-8-10-17)14-12-16-11-13-19(23)18(16)15-21(24)25/h11,17-20,23H,6-10,12-15H2,1-5H3,(H,24,25)/t18-,19+,20?/m1/s1. The summed E-state index contributed by atoms with van der Waals surface area (Å²) in [4.78, 5) is 11.2. The van der Waals surface area contributed by atoms with Crippen LogP contribution >= 0.6 is 0 Å². The number of aliphatic hydroxyl groups is 1. The van der Waals surface area contributed by atoms with Gasteiger partial charge in [-0.1, -0.05) is 51.7 Å². The smallest absolute Gasteiger partial charge is 0.304 e. The molecular weight excluding hydrogens is 356 g/mol. The van der Waals surface area contributed by atoms with Crippen molar-refractivity contribution in [2.24, 2.45) is 11.8 Å². The summed E-state index contributed by atoms with van der Waals surface area (Å²) in [6, 6.07) is 0. The van der Waals surface area contributed by atoms with E-state index in [0.717, 1.165) is 18.4 Å². The molecule has 2 rings (SSSR count). The Labute approximate surface area is 166 Å². The van der Waals surface area contributed by atoms with Gasteiger partial charge in [0.25, 0.3) is 0 Å². The quantitative estimate of drug-likeness (QED) is 0.419. The molecule has 2 aliphatic rings. The van der Waals surface area contributed by atoms with Crippen LogP contribution in [0.15, 0.2) is 11.6 Å². The van der Waals surface area contributed by atoms with Gasteiger partial charge in [0, 0.05) is 12.0 Å². The van der Waals surface area contributed by atoms with Gasteiger partial charge in [-0.15, -0.1) is 0 Å². The summed E-state index contributed by atoms with van der Waals surface area (Å²) in [6.07, 6.45) is 10.6. The number of rotatable bonds is 8. The molecule has 0 amide bonds. The predicted octanol–water partition coefficient (Wildman–Crippen LogP) is 5.52. The summed E-state index contributed by atoms with van der Waals surface area (Å²) >= 11 is 0. The lowest BCUT2D eigenvalue weighted by atomic mass is 9.82. The Morgan fingerprint density at radius 2 is 1.89 bits per heavy atom. The van der Waals surface area contributed by atoms with Gasteiger partial charge in [-0.05, 0) is 56.2 Å². The van der Waals surface area contributed by atoms with E-state index in [2.05, 4.69) is 39.9 Å². The molecule has 1 fully saturated rings. The number of hydrogen-bond donors (Lipinski definition) is 2. The van der Waals surface area contributed by atoms with Crippen molar-refractivity contribution in [3.63, 3.8) is 0 Å². The molecular formula is C22H40O4Si. The van der Waals surface area contributed by atoms with Crippen molar-refractivity contribution >= 4 is 14.3 Å². The third kappa shape index (κ3) is 6.16. The van der Waals surface area contributed by atoms with Gasteiger partial charge in [0.05, 0.1) is 12.5 Å². The van der Waals surface area contributed by atoms with E-state index in [1.807, 2.05) is 0 Å². The van der Waals surface area contributed by atoms with E-state index >= 15 is 0 Å². The second-order valence-corrected chi connectivity index (χ2v) is 14.9. The van der Waals surface area contributed by atoms with Crippen LogP contribution in [0, 0.1) is 11.8 Å². The molecule has 156 valence electrons. The van der Waals surface area contributed by atoms with Crippen molar-refractivity contribution in [1.29, 1.82) is 0 Å². The zero-order chi connectivity index (χ0) is 20.2. The number of carboxylic acid groups (broad SMARTS) is 1. The van der Waals surface area contributed by atoms with Crippen molar-refractivity contribution in [3.05, 3.63) is 11.6 Å². The minimum Gasteiger partial charge on any atom is -0.481 e. The Morgan fingerprint density at radius 3 is 2.44 bits per heavy atom. The first-order chi connectivity index (χ1) is 12.5. The van der Waals surface area contributed by atoms with E-state index in [0.29, 0.717) is 12.3 Å². The summed E-state index contributed by atoms with van der Waals surface area (Å²) in [7, 11) is -1.85. The molecule has 27 heavy (non-hydrogen) atoms. The van der Waals surface area contributed by atoms with Gasteiger partial charge >= 0.3 is 5.97 Å². The van der Waals surface area contributed by atoms with E-state index in [1.54, 1.807) is 0 Å². The Balaban J connectivity index is 2.06. The number of carbonyl (C=O) groups is 1. The molecule has 0 aromatic heterocycles. The molecule has 1 unspecified atom stereocenters. The third-order valence-corrected chi connectivity index (χ3v) is 11.6. The molecule has 0 spiro atoms. The molecule has 1 saturated carbocycles. The predicted molar refractivity (Wildman–Crippen MR) is 112 cm³/mol. The molecule has 0 aromatic rings. The summed E-state index contributed by atoms with van der Waals surface area (Å²) in [5, 5.41) is 19.5. The highest BCUT2D eigenvalue weighted by atomic mass is 28.4. The van der Waals surface area contributed by atoms with Gasteiger partial charge in [-0.25, -0.2) is 0 Å². The maximum absolute atomic E-state index is 11.2. The number of hydrogen-bond acceptors (Lipinski definition) is 3. The Hall–Kier alpha value is -0.653. The fourth-order valence-corrected chi connectivity index (χ4v) is 5.76. The summed E-state index contributed by atoms with van der Waals surface area (Å²) < 4.78 is 6.88. The highest BCUT2D eigenvalue weighted by molar-refractivity contribution is 6.74. The van der Waals surface area contributed by atoms with Crippen LogP contribution in [0.1, 0.15) is 78.6 Å². The first-order valence-electron chi connectivity index (χ1n) is 10.8. The van der Waals surface area contributed by atoms with Gasteiger partial charge in [-0.3, -0.25) is 4.79 Å².